The largest absolute Gasteiger partial charge is 0.271 e. The van der Waals surface area contributed by atoms with Gasteiger partial charge in [0, 0.05) is 14.1 Å². The van der Waals surface area contributed by atoms with Crippen molar-refractivity contribution in [3.8, 4) is 0 Å². The SMILES string of the molecule is CC(C)n1ncc(Cl)c1C(NN)c1cc(Br)ccc1I. The number of benzene rings is 1. The Bertz CT molecular complexity index is 614. The molecule has 20 heavy (non-hydrogen) atoms. The van der Waals surface area contributed by atoms with Crippen molar-refractivity contribution in [2.45, 2.75) is 25.9 Å². The van der Waals surface area contributed by atoms with E-state index >= 15 is 0 Å². The van der Waals surface area contributed by atoms with E-state index in [-0.39, 0.29) is 12.1 Å². The molecule has 0 radical (unpaired) electrons. The van der Waals surface area contributed by atoms with Gasteiger partial charge in [0.15, 0.2) is 0 Å². The Kier molecular flexibility index (Phi) is 5.47. The van der Waals surface area contributed by atoms with Crippen LogP contribution in [-0.4, -0.2) is 9.78 Å². The predicted molar refractivity (Wildman–Crippen MR) is 93.6 cm³/mol. The minimum atomic E-state index is -0.211. The molecule has 1 atom stereocenters. The van der Waals surface area contributed by atoms with Crippen molar-refractivity contribution in [2.75, 3.05) is 0 Å². The van der Waals surface area contributed by atoms with E-state index in [1.54, 1.807) is 6.20 Å². The van der Waals surface area contributed by atoms with Crippen LogP contribution < -0.4 is 11.3 Å². The van der Waals surface area contributed by atoms with Crippen molar-refractivity contribution in [2.24, 2.45) is 5.84 Å². The molecule has 0 bridgehead atoms. The van der Waals surface area contributed by atoms with Crippen molar-refractivity contribution in [1.82, 2.24) is 15.2 Å². The van der Waals surface area contributed by atoms with Crippen molar-refractivity contribution in [3.63, 3.8) is 0 Å². The van der Waals surface area contributed by atoms with E-state index in [0.717, 1.165) is 19.3 Å². The topological polar surface area (TPSA) is 55.9 Å². The molecular formula is C13H15BrClIN4. The molecule has 0 saturated carbocycles. The summed E-state index contributed by atoms with van der Waals surface area (Å²) >= 11 is 12.1. The van der Waals surface area contributed by atoms with Gasteiger partial charge >= 0.3 is 0 Å². The zero-order chi connectivity index (χ0) is 14.9. The minimum absolute atomic E-state index is 0.207. The summed E-state index contributed by atoms with van der Waals surface area (Å²) in [6, 6.07) is 6.07. The summed E-state index contributed by atoms with van der Waals surface area (Å²) in [7, 11) is 0. The van der Waals surface area contributed by atoms with Gasteiger partial charge < -0.3 is 0 Å². The molecule has 0 spiro atoms. The number of nitrogens with zero attached hydrogens (tertiary/aromatic N) is 2. The molecule has 0 saturated heterocycles. The number of rotatable bonds is 4. The molecule has 2 aromatic rings. The van der Waals surface area contributed by atoms with Gasteiger partial charge in [0.25, 0.3) is 0 Å². The second-order valence-corrected chi connectivity index (χ2v) is 7.17. The van der Waals surface area contributed by atoms with E-state index in [2.05, 4.69) is 62.9 Å². The van der Waals surface area contributed by atoms with Crippen LogP contribution >= 0.6 is 50.1 Å². The Balaban J connectivity index is 2.58. The quantitative estimate of drug-likeness (QED) is 0.404. The lowest BCUT2D eigenvalue weighted by Gasteiger charge is -2.22. The molecule has 0 aliphatic rings. The van der Waals surface area contributed by atoms with E-state index < -0.39 is 0 Å². The van der Waals surface area contributed by atoms with Gasteiger partial charge in [-0.25, -0.2) is 5.43 Å². The van der Waals surface area contributed by atoms with Crippen LogP contribution in [0.4, 0.5) is 0 Å². The van der Waals surface area contributed by atoms with E-state index in [1.807, 2.05) is 22.9 Å². The van der Waals surface area contributed by atoms with E-state index in [1.165, 1.54) is 0 Å². The highest BCUT2D eigenvalue weighted by Gasteiger charge is 2.24. The number of nitrogens with two attached hydrogens (primary N) is 1. The molecular weight excluding hydrogens is 454 g/mol. The Morgan fingerprint density at radius 2 is 2.15 bits per heavy atom. The van der Waals surface area contributed by atoms with Gasteiger partial charge in [-0.1, -0.05) is 27.5 Å². The first-order valence-corrected chi connectivity index (χ1v) is 8.34. The van der Waals surface area contributed by atoms with Crippen molar-refractivity contribution >= 4 is 50.1 Å². The Hall–Kier alpha value is -0.150. The summed E-state index contributed by atoms with van der Waals surface area (Å²) in [6.07, 6.45) is 1.66. The Labute approximate surface area is 145 Å². The Morgan fingerprint density at radius 3 is 2.75 bits per heavy atom. The van der Waals surface area contributed by atoms with Crippen LogP contribution in [0.25, 0.3) is 0 Å². The molecule has 4 nitrogen and oxygen atoms in total. The standard InChI is InChI=1S/C13H15BrClIN4/c1-7(2)20-13(10(15)6-18-20)12(19-17)9-5-8(14)3-4-11(9)16/h3-7,12,19H,17H2,1-2H3. The van der Waals surface area contributed by atoms with Crippen LogP contribution in [0.3, 0.4) is 0 Å². The number of hydrogen-bond acceptors (Lipinski definition) is 3. The molecule has 2 rings (SSSR count). The molecule has 0 fully saturated rings. The zero-order valence-corrected chi connectivity index (χ0v) is 15.6. The van der Waals surface area contributed by atoms with Crippen molar-refractivity contribution in [3.05, 3.63) is 48.7 Å². The van der Waals surface area contributed by atoms with Crippen molar-refractivity contribution in [1.29, 1.82) is 0 Å². The molecule has 0 amide bonds. The molecule has 108 valence electrons. The normalized spacial score (nSPS) is 12.9. The van der Waals surface area contributed by atoms with Crippen molar-refractivity contribution < 1.29 is 0 Å². The average molecular weight is 470 g/mol. The van der Waals surface area contributed by atoms with Gasteiger partial charge in [0.05, 0.1) is 23.0 Å². The van der Waals surface area contributed by atoms with Crippen LogP contribution in [0.5, 0.6) is 0 Å². The van der Waals surface area contributed by atoms with E-state index in [4.69, 9.17) is 17.4 Å². The molecule has 0 aliphatic carbocycles. The molecule has 1 unspecified atom stereocenters. The van der Waals surface area contributed by atoms with Crippen LogP contribution in [-0.2, 0) is 0 Å². The third kappa shape index (κ3) is 3.19. The molecule has 3 N–H and O–H groups in total. The molecule has 0 aliphatic heterocycles. The molecule has 1 aromatic heterocycles. The number of hydrogen-bond donors (Lipinski definition) is 2. The number of halogens is 3. The molecule has 1 aromatic carbocycles. The highest BCUT2D eigenvalue weighted by molar-refractivity contribution is 14.1. The van der Waals surface area contributed by atoms with E-state index in [9.17, 15) is 0 Å². The fourth-order valence-electron chi connectivity index (χ4n) is 2.08. The number of hydrazine groups is 1. The molecule has 7 heteroatoms. The average Bonchev–Trinajstić information content (AvgIpc) is 2.77. The summed E-state index contributed by atoms with van der Waals surface area (Å²) in [5.41, 5.74) is 4.79. The predicted octanol–water partition coefficient (Wildman–Crippen LogP) is 4.04. The monoisotopic (exact) mass is 468 g/mol. The second kappa shape index (κ2) is 6.74. The van der Waals surface area contributed by atoms with Crippen LogP contribution in [0.2, 0.25) is 5.02 Å². The van der Waals surface area contributed by atoms with Crippen LogP contribution in [0.15, 0.2) is 28.9 Å². The lowest BCUT2D eigenvalue weighted by molar-refractivity contribution is 0.476. The number of nitrogens with one attached hydrogen (secondary N) is 1. The maximum atomic E-state index is 6.31. The third-order valence-corrected chi connectivity index (χ3v) is 4.75. The van der Waals surface area contributed by atoms with E-state index in [0.29, 0.717) is 5.02 Å². The first-order chi connectivity index (χ1) is 9.45. The van der Waals surface area contributed by atoms with Gasteiger partial charge in [0.2, 0.25) is 0 Å². The second-order valence-electron chi connectivity index (χ2n) is 4.68. The van der Waals surface area contributed by atoms with Crippen LogP contribution in [0, 0.1) is 3.57 Å². The van der Waals surface area contributed by atoms with Gasteiger partial charge in [-0.2, -0.15) is 5.10 Å². The maximum absolute atomic E-state index is 6.31. The van der Waals surface area contributed by atoms with Gasteiger partial charge in [0.1, 0.15) is 0 Å². The lowest BCUT2D eigenvalue weighted by atomic mass is 10.0. The minimum Gasteiger partial charge on any atom is -0.271 e. The summed E-state index contributed by atoms with van der Waals surface area (Å²) in [6.45, 7) is 4.12. The smallest absolute Gasteiger partial charge is 0.0904 e. The number of aromatic nitrogens is 2. The van der Waals surface area contributed by atoms with Gasteiger partial charge in [-0.3, -0.25) is 10.5 Å². The highest BCUT2D eigenvalue weighted by Crippen LogP contribution is 2.33. The fourth-order valence-corrected chi connectivity index (χ4v) is 3.35. The fraction of sp³-hybridized carbons (Fsp3) is 0.308. The molecule has 1 heterocycles. The lowest BCUT2D eigenvalue weighted by Crippen LogP contribution is -2.32. The van der Waals surface area contributed by atoms with Gasteiger partial charge in [-0.15, -0.1) is 0 Å². The zero-order valence-electron chi connectivity index (χ0n) is 11.1. The maximum Gasteiger partial charge on any atom is 0.0904 e. The summed E-state index contributed by atoms with van der Waals surface area (Å²) < 4.78 is 4.00. The first-order valence-electron chi connectivity index (χ1n) is 6.09. The highest BCUT2D eigenvalue weighted by atomic mass is 127. The summed E-state index contributed by atoms with van der Waals surface area (Å²) in [4.78, 5) is 0. The first kappa shape index (κ1) is 16.2. The Morgan fingerprint density at radius 1 is 1.45 bits per heavy atom. The van der Waals surface area contributed by atoms with Gasteiger partial charge in [-0.05, 0) is 60.2 Å². The summed E-state index contributed by atoms with van der Waals surface area (Å²) in [5, 5.41) is 4.95. The van der Waals surface area contributed by atoms with Crippen LogP contribution in [0.1, 0.15) is 37.2 Å². The summed E-state index contributed by atoms with van der Waals surface area (Å²) in [5.74, 6) is 5.78. The third-order valence-electron chi connectivity index (χ3n) is 2.99.